The number of hydrogen-bond acceptors (Lipinski definition) is 5. The number of aliphatic carboxylic acids is 1. The Morgan fingerprint density at radius 3 is 2.43 bits per heavy atom. The second-order valence-corrected chi connectivity index (χ2v) is 3.92. The van der Waals surface area contributed by atoms with E-state index in [1.165, 1.54) is 0 Å². The molecule has 10 heteroatoms. The van der Waals surface area contributed by atoms with Crippen LogP contribution in [0.4, 0.5) is 14.5 Å². The van der Waals surface area contributed by atoms with Crippen LogP contribution in [0.2, 0.25) is 0 Å². The normalized spacial score (nSPS) is 11.8. The highest BCUT2D eigenvalue weighted by Crippen LogP contribution is 2.21. The first-order valence-corrected chi connectivity index (χ1v) is 5.56. The summed E-state index contributed by atoms with van der Waals surface area (Å²) in [4.78, 5) is 31.7. The lowest BCUT2D eigenvalue weighted by Gasteiger charge is -2.13. The van der Waals surface area contributed by atoms with Gasteiger partial charge in [0.2, 0.25) is 5.82 Å². The van der Waals surface area contributed by atoms with Crippen LogP contribution in [0, 0.1) is 21.7 Å². The van der Waals surface area contributed by atoms with Crippen molar-refractivity contribution in [3.63, 3.8) is 0 Å². The molecule has 0 aliphatic carbocycles. The molecule has 0 fully saturated rings. The highest BCUT2D eigenvalue weighted by atomic mass is 19.1. The van der Waals surface area contributed by atoms with Gasteiger partial charge in [-0.1, -0.05) is 0 Å². The van der Waals surface area contributed by atoms with Crippen molar-refractivity contribution in [2.24, 2.45) is 0 Å². The fourth-order valence-corrected chi connectivity index (χ4v) is 1.47. The first kappa shape index (κ1) is 16.4. The topological polar surface area (TPSA) is 130 Å². The molecule has 1 aromatic rings. The highest BCUT2D eigenvalue weighted by Gasteiger charge is 2.25. The Balaban J connectivity index is 3.05. The van der Waals surface area contributed by atoms with Gasteiger partial charge in [-0.2, -0.15) is 4.39 Å². The summed E-state index contributed by atoms with van der Waals surface area (Å²) in [6.45, 7) is -0.547. The quantitative estimate of drug-likeness (QED) is 0.516. The van der Waals surface area contributed by atoms with Gasteiger partial charge in [0.25, 0.3) is 5.91 Å². The minimum atomic E-state index is -1.50. The third-order valence-electron chi connectivity index (χ3n) is 2.50. The van der Waals surface area contributed by atoms with Crippen LogP contribution in [0.1, 0.15) is 16.8 Å². The summed E-state index contributed by atoms with van der Waals surface area (Å²) < 4.78 is 26.9. The van der Waals surface area contributed by atoms with Crippen molar-refractivity contribution in [3.8, 4) is 0 Å². The van der Waals surface area contributed by atoms with Gasteiger partial charge in [0.15, 0.2) is 0 Å². The molecule has 0 heterocycles. The number of aliphatic hydroxyl groups excluding tert-OH is 1. The summed E-state index contributed by atoms with van der Waals surface area (Å²) in [5.74, 6) is -5.53. The number of halogens is 2. The molecular formula is C11H10F2N2O6. The Morgan fingerprint density at radius 1 is 1.33 bits per heavy atom. The Bertz CT molecular complexity index is 592. The van der Waals surface area contributed by atoms with Crippen molar-refractivity contribution < 1.29 is 33.5 Å². The molecule has 0 aliphatic rings. The number of carboxylic acids is 1. The molecule has 0 spiro atoms. The van der Waals surface area contributed by atoms with Crippen LogP contribution >= 0.6 is 0 Å². The lowest BCUT2D eigenvalue weighted by atomic mass is 10.1. The van der Waals surface area contributed by atoms with Gasteiger partial charge in [-0.25, -0.2) is 9.18 Å². The molecule has 1 aromatic carbocycles. The first-order chi connectivity index (χ1) is 9.77. The standard InChI is InChI=1S/C11H10F2N2O6/c12-6-4-9(15(20)21)7(13)3-5(6)10(17)14-8(1-2-16)11(18)19/h3-4,8,16H,1-2H2,(H,14,17)(H,18,19). The van der Waals surface area contributed by atoms with Crippen LogP contribution in [-0.2, 0) is 4.79 Å². The highest BCUT2D eigenvalue weighted by molar-refractivity contribution is 5.97. The largest absolute Gasteiger partial charge is 0.480 e. The summed E-state index contributed by atoms with van der Waals surface area (Å²) in [7, 11) is 0. The van der Waals surface area contributed by atoms with Crippen molar-refractivity contribution in [2.45, 2.75) is 12.5 Å². The molecule has 0 aliphatic heterocycles. The number of rotatable bonds is 6. The van der Waals surface area contributed by atoms with Gasteiger partial charge in [0.05, 0.1) is 16.6 Å². The summed E-state index contributed by atoms with van der Waals surface area (Å²) in [6.07, 6.45) is -0.335. The second-order valence-electron chi connectivity index (χ2n) is 3.92. The molecule has 1 amide bonds. The number of carbonyl (C=O) groups excluding carboxylic acids is 1. The van der Waals surface area contributed by atoms with E-state index in [9.17, 15) is 28.5 Å². The maximum absolute atomic E-state index is 13.5. The third kappa shape index (κ3) is 3.92. The number of amides is 1. The van der Waals surface area contributed by atoms with Crippen molar-refractivity contribution >= 4 is 17.6 Å². The third-order valence-corrected chi connectivity index (χ3v) is 2.50. The van der Waals surface area contributed by atoms with Gasteiger partial charge in [-0.15, -0.1) is 0 Å². The smallest absolute Gasteiger partial charge is 0.326 e. The molecule has 114 valence electrons. The second kappa shape index (κ2) is 6.70. The van der Waals surface area contributed by atoms with Crippen LogP contribution < -0.4 is 5.32 Å². The van der Waals surface area contributed by atoms with E-state index in [0.29, 0.717) is 6.07 Å². The molecular weight excluding hydrogens is 294 g/mol. The Morgan fingerprint density at radius 2 is 1.95 bits per heavy atom. The summed E-state index contributed by atoms with van der Waals surface area (Å²) >= 11 is 0. The zero-order valence-corrected chi connectivity index (χ0v) is 10.4. The van der Waals surface area contributed by atoms with Crippen LogP contribution in [0.5, 0.6) is 0 Å². The fourth-order valence-electron chi connectivity index (χ4n) is 1.47. The van der Waals surface area contributed by atoms with Crippen LogP contribution in [0.25, 0.3) is 0 Å². The molecule has 0 saturated heterocycles. The predicted molar refractivity (Wildman–Crippen MR) is 63.6 cm³/mol. The van der Waals surface area contributed by atoms with Crippen molar-refractivity contribution in [1.29, 1.82) is 0 Å². The molecule has 1 unspecified atom stereocenters. The maximum atomic E-state index is 13.5. The first-order valence-electron chi connectivity index (χ1n) is 5.56. The lowest BCUT2D eigenvalue weighted by Crippen LogP contribution is -2.41. The number of aliphatic hydroxyl groups is 1. The van der Waals surface area contributed by atoms with E-state index in [1.54, 1.807) is 0 Å². The fraction of sp³-hybridized carbons (Fsp3) is 0.273. The Kier molecular flexibility index (Phi) is 5.24. The van der Waals surface area contributed by atoms with E-state index < -0.39 is 52.3 Å². The minimum absolute atomic E-state index is 0.228. The van der Waals surface area contributed by atoms with Gasteiger partial charge < -0.3 is 15.5 Å². The van der Waals surface area contributed by atoms with Gasteiger partial charge in [0.1, 0.15) is 11.9 Å². The number of hydrogen-bond donors (Lipinski definition) is 3. The molecule has 0 bridgehead atoms. The summed E-state index contributed by atoms with van der Waals surface area (Å²) in [5, 5.41) is 29.7. The van der Waals surface area contributed by atoms with Crippen molar-refractivity contribution in [1.82, 2.24) is 5.32 Å². The number of benzene rings is 1. The van der Waals surface area contributed by atoms with Crippen LogP contribution in [0.15, 0.2) is 12.1 Å². The summed E-state index contributed by atoms with van der Waals surface area (Å²) in [5.41, 5.74) is -2.02. The molecule has 1 atom stereocenters. The van der Waals surface area contributed by atoms with Crippen LogP contribution in [-0.4, -0.2) is 39.7 Å². The number of nitro groups is 1. The summed E-state index contributed by atoms with van der Waals surface area (Å²) in [6, 6.07) is -0.965. The van der Waals surface area contributed by atoms with E-state index in [1.807, 2.05) is 5.32 Å². The van der Waals surface area contributed by atoms with Gasteiger partial charge in [0, 0.05) is 13.0 Å². The van der Waals surface area contributed by atoms with Crippen LogP contribution in [0.3, 0.4) is 0 Å². The zero-order valence-electron chi connectivity index (χ0n) is 10.4. The number of carbonyl (C=O) groups is 2. The molecule has 3 N–H and O–H groups in total. The molecule has 21 heavy (non-hydrogen) atoms. The molecule has 0 radical (unpaired) electrons. The molecule has 0 saturated carbocycles. The van der Waals surface area contributed by atoms with Gasteiger partial charge in [-0.05, 0) is 6.07 Å². The lowest BCUT2D eigenvalue weighted by molar-refractivity contribution is -0.387. The minimum Gasteiger partial charge on any atom is -0.480 e. The van der Waals surface area contributed by atoms with Crippen molar-refractivity contribution in [2.75, 3.05) is 6.61 Å². The average Bonchev–Trinajstić information content (AvgIpc) is 2.39. The average molecular weight is 304 g/mol. The number of nitrogens with zero attached hydrogens (tertiary/aromatic N) is 1. The zero-order chi connectivity index (χ0) is 16.2. The van der Waals surface area contributed by atoms with E-state index in [-0.39, 0.29) is 12.5 Å². The Labute approximate surface area is 116 Å². The van der Waals surface area contributed by atoms with E-state index >= 15 is 0 Å². The van der Waals surface area contributed by atoms with Gasteiger partial charge in [-0.3, -0.25) is 14.9 Å². The number of carboxylic acid groups (broad SMARTS) is 1. The van der Waals surface area contributed by atoms with E-state index in [4.69, 9.17) is 10.2 Å². The molecule has 0 aromatic heterocycles. The Hall–Kier alpha value is -2.62. The monoisotopic (exact) mass is 304 g/mol. The maximum Gasteiger partial charge on any atom is 0.326 e. The predicted octanol–water partition coefficient (Wildman–Crippen LogP) is 0.438. The number of nitro benzene ring substituents is 1. The van der Waals surface area contributed by atoms with Crippen molar-refractivity contribution in [3.05, 3.63) is 39.4 Å². The van der Waals surface area contributed by atoms with E-state index in [0.717, 1.165) is 0 Å². The van der Waals surface area contributed by atoms with Gasteiger partial charge >= 0.3 is 11.7 Å². The molecule has 1 rings (SSSR count). The van der Waals surface area contributed by atoms with E-state index in [2.05, 4.69) is 0 Å². The SMILES string of the molecule is O=C(NC(CCO)C(=O)O)c1cc(F)c([N+](=O)[O-])cc1F. The number of nitrogens with one attached hydrogen (secondary N) is 1. The molecule has 8 nitrogen and oxygen atoms in total.